The number of Topliss-reactive ketones (excluding diaryl/α,β-unsaturated/α-hetero) is 1. The summed E-state index contributed by atoms with van der Waals surface area (Å²) in [5.41, 5.74) is 1.62. The highest BCUT2D eigenvalue weighted by Gasteiger charge is 2.58. The molecule has 1 aliphatic heterocycles. The number of nitrogens with one attached hydrogen (secondary N) is 1. The zero-order chi connectivity index (χ0) is 21.6. The highest BCUT2D eigenvalue weighted by molar-refractivity contribution is 7.99. The van der Waals surface area contributed by atoms with E-state index in [1.165, 1.54) is 18.7 Å². The molecule has 0 spiro atoms. The predicted molar refractivity (Wildman–Crippen MR) is 114 cm³/mol. The van der Waals surface area contributed by atoms with Gasteiger partial charge in [0.05, 0.1) is 12.0 Å². The Hall–Kier alpha value is -2.12. The number of ether oxygens (including phenoxy) is 1. The molecule has 4 rings (SSSR count). The monoisotopic (exact) mass is 429 g/mol. The van der Waals surface area contributed by atoms with Crippen LogP contribution in [0.25, 0.3) is 0 Å². The summed E-state index contributed by atoms with van der Waals surface area (Å²) in [6.45, 7) is 7.51. The summed E-state index contributed by atoms with van der Waals surface area (Å²) in [5, 5.41) is 13.6. The number of thioether (sulfide) groups is 1. The van der Waals surface area contributed by atoms with Gasteiger partial charge in [-0.05, 0) is 36.6 Å². The largest absolute Gasteiger partial charge is 0.461 e. The summed E-state index contributed by atoms with van der Waals surface area (Å²) in [5.74, 6) is -0.799. The molecular weight excluding hydrogens is 402 g/mol. The molecule has 6 nitrogen and oxygen atoms in total. The molecule has 160 valence electrons. The molecule has 3 aliphatic rings. The highest BCUT2D eigenvalue weighted by atomic mass is 32.2. The van der Waals surface area contributed by atoms with Crippen LogP contribution in [0, 0.1) is 29.6 Å². The minimum atomic E-state index is -0.699. The van der Waals surface area contributed by atoms with Gasteiger partial charge in [-0.15, -0.1) is 11.8 Å². The molecule has 2 aliphatic carbocycles. The number of benzene rings is 1. The molecule has 1 aromatic rings. The number of fused-ring (bicyclic) bond motifs is 3. The molecule has 1 heterocycles. The Bertz CT molecular complexity index is 882. The fraction of sp³-hybridized carbons (Fsp3) is 0.522. The van der Waals surface area contributed by atoms with Crippen molar-refractivity contribution in [2.75, 3.05) is 11.1 Å². The number of rotatable bonds is 4. The van der Waals surface area contributed by atoms with Crippen LogP contribution in [0.5, 0.6) is 0 Å². The van der Waals surface area contributed by atoms with Gasteiger partial charge < -0.3 is 15.2 Å². The third-order valence-electron chi connectivity index (χ3n) is 6.79. The Balaban J connectivity index is 1.50. The van der Waals surface area contributed by atoms with Crippen LogP contribution in [0.1, 0.15) is 26.7 Å². The molecule has 1 amide bonds. The summed E-state index contributed by atoms with van der Waals surface area (Å²) in [6, 6.07) is 7.43. The average Bonchev–Trinajstić information content (AvgIpc) is 3.13. The molecule has 7 heteroatoms. The number of carbonyl (C=O) groups is 3. The first-order valence-corrected chi connectivity index (χ1v) is 11.3. The van der Waals surface area contributed by atoms with E-state index in [2.05, 4.69) is 11.9 Å². The normalized spacial score (nSPS) is 35.4. The Morgan fingerprint density at radius 1 is 1.23 bits per heavy atom. The van der Waals surface area contributed by atoms with Gasteiger partial charge in [-0.2, -0.15) is 0 Å². The van der Waals surface area contributed by atoms with Crippen LogP contribution in [0.4, 0.5) is 5.69 Å². The fourth-order valence-corrected chi connectivity index (χ4v) is 6.36. The SMILES string of the molecule is C=C1C[C@H](O)[C@@H]2[C@@H](OC(=O)[C@H]2CSc2ccc(NC(C)=O)cc2)[C@H]2[C@H](C)C(=O)C[C@@H]12. The van der Waals surface area contributed by atoms with Crippen molar-refractivity contribution >= 4 is 35.1 Å². The van der Waals surface area contributed by atoms with Crippen molar-refractivity contribution in [2.24, 2.45) is 29.6 Å². The van der Waals surface area contributed by atoms with Crippen molar-refractivity contribution in [3.8, 4) is 0 Å². The summed E-state index contributed by atoms with van der Waals surface area (Å²) in [6.07, 6.45) is -0.301. The van der Waals surface area contributed by atoms with E-state index in [9.17, 15) is 19.5 Å². The van der Waals surface area contributed by atoms with E-state index in [0.29, 0.717) is 18.6 Å². The van der Waals surface area contributed by atoms with Crippen LogP contribution < -0.4 is 5.32 Å². The van der Waals surface area contributed by atoms with Crippen molar-refractivity contribution in [1.82, 2.24) is 0 Å². The number of ketones is 1. The lowest BCUT2D eigenvalue weighted by Gasteiger charge is -2.29. The first kappa shape index (κ1) is 21.1. The van der Waals surface area contributed by atoms with Gasteiger partial charge in [0.25, 0.3) is 0 Å². The molecule has 7 atom stereocenters. The second-order valence-corrected chi connectivity index (χ2v) is 9.77. The number of anilines is 1. The van der Waals surface area contributed by atoms with Gasteiger partial charge >= 0.3 is 5.97 Å². The lowest BCUT2D eigenvalue weighted by Crippen LogP contribution is -2.38. The standard InChI is InChI=1S/C23H27NO5S/c1-11-8-19(27)21-17(10-30-15-6-4-14(5-7-15)24-13(3)25)23(28)29-22(21)20-12(2)18(26)9-16(11)20/h4-7,12,16-17,19-22,27H,1,8-10H2,2-3H3,(H,24,25)/t12-,16+,17+,19+,20+,21-,22+/m1/s1. The van der Waals surface area contributed by atoms with Crippen molar-refractivity contribution in [1.29, 1.82) is 0 Å². The van der Waals surface area contributed by atoms with E-state index < -0.39 is 18.1 Å². The first-order valence-electron chi connectivity index (χ1n) is 10.4. The second-order valence-electron chi connectivity index (χ2n) is 8.67. The number of hydrogen-bond donors (Lipinski definition) is 2. The van der Waals surface area contributed by atoms with Gasteiger partial charge in [0.2, 0.25) is 5.91 Å². The maximum Gasteiger partial charge on any atom is 0.310 e. The lowest BCUT2D eigenvalue weighted by molar-refractivity contribution is -0.146. The minimum Gasteiger partial charge on any atom is -0.461 e. The number of aliphatic hydroxyl groups is 1. The summed E-state index contributed by atoms with van der Waals surface area (Å²) >= 11 is 1.53. The van der Waals surface area contributed by atoms with E-state index in [0.717, 1.165) is 16.2 Å². The quantitative estimate of drug-likeness (QED) is 0.434. The lowest BCUT2D eigenvalue weighted by atomic mass is 9.77. The number of esters is 1. The Kier molecular flexibility index (Phi) is 5.77. The third-order valence-corrected chi connectivity index (χ3v) is 7.92. The summed E-state index contributed by atoms with van der Waals surface area (Å²) < 4.78 is 5.81. The average molecular weight is 430 g/mol. The molecule has 0 radical (unpaired) electrons. The van der Waals surface area contributed by atoms with Gasteiger partial charge in [-0.1, -0.05) is 19.1 Å². The number of hydrogen-bond acceptors (Lipinski definition) is 6. The van der Waals surface area contributed by atoms with Gasteiger partial charge in [-0.3, -0.25) is 14.4 Å². The van der Waals surface area contributed by atoms with Crippen LogP contribution in [0.2, 0.25) is 0 Å². The fourth-order valence-electron chi connectivity index (χ4n) is 5.30. The van der Waals surface area contributed by atoms with Crippen molar-refractivity contribution < 1.29 is 24.2 Å². The predicted octanol–water partition coefficient (Wildman–Crippen LogP) is 3.06. The summed E-state index contributed by atoms with van der Waals surface area (Å²) in [4.78, 5) is 37.2. The molecule has 2 N–H and O–H groups in total. The van der Waals surface area contributed by atoms with Gasteiger partial charge in [0.1, 0.15) is 11.9 Å². The first-order chi connectivity index (χ1) is 14.3. The van der Waals surface area contributed by atoms with Gasteiger partial charge in [-0.25, -0.2) is 0 Å². The Morgan fingerprint density at radius 3 is 2.60 bits per heavy atom. The Morgan fingerprint density at radius 2 is 1.93 bits per heavy atom. The molecule has 1 aromatic carbocycles. The van der Waals surface area contributed by atoms with Crippen LogP contribution in [0.3, 0.4) is 0 Å². The zero-order valence-electron chi connectivity index (χ0n) is 17.2. The molecule has 2 saturated carbocycles. The van der Waals surface area contributed by atoms with Crippen LogP contribution in [-0.2, 0) is 19.1 Å². The maximum atomic E-state index is 12.8. The van der Waals surface area contributed by atoms with Crippen molar-refractivity contribution in [3.63, 3.8) is 0 Å². The van der Waals surface area contributed by atoms with E-state index in [4.69, 9.17) is 4.74 Å². The smallest absolute Gasteiger partial charge is 0.310 e. The zero-order valence-corrected chi connectivity index (χ0v) is 18.0. The topological polar surface area (TPSA) is 92.7 Å². The van der Waals surface area contributed by atoms with Crippen molar-refractivity contribution in [3.05, 3.63) is 36.4 Å². The molecule has 0 unspecified atom stereocenters. The van der Waals surface area contributed by atoms with E-state index in [-0.39, 0.29) is 41.3 Å². The molecule has 0 bridgehead atoms. The van der Waals surface area contributed by atoms with Crippen LogP contribution in [-0.4, -0.2) is 40.7 Å². The van der Waals surface area contributed by atoms with E-state index in [1.54, 1.807) is 0 Å². The molecule has 0 aromatic heterocycles. The minimum absolute atomic E-state index is 0.0160. The second kappa shape index (κ2) is 8.19. The number of aliphatic hydroxyl groups excluding tert-OH is 1. The van der Waals surface area contributed by atoms with Gasteiger partial charge in [0, 0.05) is 47.4 Å². The Labute approximate surface area is 180 Å². The van der Waals surface area contributed by atoms with Crippen LogP contribution >= 0.6 is 11.8 Å². The summed E-state index contributed by atoms with van der Waals surface area (Å²) in [7, 11) is 0. The van der Waals surface area contributed by atoms with E-state index in [1.807, 2.05) is 31.2 Å². The molecular formula is C23H27NO5S. The number of carbonyl (C=O) groups excluding carboxylic acids is 3. The third kappa shape index (κ3) is 3.81. The van der Waals surface area contributed by atoms with E-state index >= 15 is 0 Å². The molecule has 3 fully saturated rings. The molecule has 1 saturated heterocycles. The maximum absolute atomic E-state index is 12.8. The highest BCUT2D eigenvalue weighted by Crippen LogP contribution is 2.52. The molecule has 30 heavy (non-hydrogen) atoms. The van der Waals surface area contributed by atoms with Crippen LogP contribution in [0.15, 0.2) is 41.3 Å². The number of amides is 1. The van der Waals surface area contributed by atoms with Gasteiger partial charge in [0.15, 0.2) is 0 Å². The van der Waals surface area contributed by atoms with Crippen molar-refractivity contribution in [2.45, 2.75) is 43.8 Å².